The minimum atomic E-state index is 0.504. The van der Waals surface area contributed by atoms with E-state index in [1.807, 2.05) is 30.3 Å². The average molecular weight is 356 g/mol. The van der Waals surface area contributed by atoms with E-state index >= 15 is 0 Å². The van der Waals surface area contributed by atoms with Crippen molar-refractivity contribution in [3.63, 3.8) is 0 Å². The summed E-state index contributed by atoms with van der Waals surface area (Å²) in [5, 5.41) is 21.8. The normalized spacial score (nSPS) is 11.9. The van der Waals surface area contributed by atoms with Gasteiger partial charge in [-0.2, -0.15) is 10.3 Å². The van der Waals surface area contributed by atoms with Crippen LogP contribution in [0.3, 0.4) is 0 Å². The topological polar surface area (TPSA) is 92.4 Å². The van der Waals surface area contributed by atoms with E-state index in [0.717, 1.165) is 34.7 Å². The van der Waals surface area contributed by atoms with Gasteiger partial charge in [0.15, 0.2) is 0 Å². The van der Waals surface area contributed by atoms with Gasteiger partial charge in [-0.15, -0.1) is 10.2 Å². The van der Waals surface area contributed by atoms with Crippen molar-refractivity contribution in [3.05, 3.63) is 66.2 Å². The van der Waals surface area contributed by atoms with E-state index in [9.17, 15) is 0 Å². The van der Waals surface area contributed by atoms with E-state index in [1.54, 1.807) is 6.08 Å². The van der Waals surface area contributed by atoms with Crippen LogP contribution in [0.5, 0.6) is 5.75 Å². The van der Waals surface area contributed by atoms with Crippen molar-refractivity contribution < 1.29 is 4.74 Å². The first kappa shape index (κ1) is 15.5. The summed E-state index contributed by atoms with van der Waals surface area (Å²) in [4.78, 5) is 0. The molecule has 0 saturated carbocycles. The average Bonchev–Trinajstić information content (AvgIpc) is 3.43. The van der Waals surface area contributed by atoms with E-state index in [0.29, 0.717) is 12.4 Å². The Kier molecular flexibility index (Phi) is 3.57. The lowest BCUT2D eigenvalue weighted by Crippen LogP contribution is -1.94. The molecule has 0 fully saturated rings. The maximum atomic E-state index is 5.66. The summed E-state index contributed by atoms with van der Waals surface area (Å²) in [7, 11) is 0. The number of hydrogen-bond donors (Lipinski definition) is 2. The number of benzene rings is 2. The molecule has 2 aromatic carbocycles. The number of tetrazole rings is 1. The van der Waals surface area contributed by atoms with Gasteiger partial charge in [0.1, 0.15) is 12.4 Å². The first-order valence-electron chi connectivity index (χ1n) is 8.62. The summed E-state index contributed by atoms with van der Waals surface area (Å²) in [6.45, 7) is 4.19. The van der Waals surface area contributed by atoms with Crippen molar-refractivity contribution in [2.45, 2.75) is 6.42 Å². The molecule has 0 bridgehead atoms. The van der Waals surface area contributed by atoms with Crippen LogP contribution in [0.2, 0.25) is 0 Å². The fraction of sp³-hybridized carbons (Fsp3) is 0.100. The molecule has 0 atom stereocenters. The van der Waals surface area contributed by atoms with Crippen LogP contribution < -0.4 is 4.74 Å². The highest BCUT2D eigenvalue weighted by Crippen LogP contribution is 2.41. The zero-order valence-electron chi connectivity index (χ0n) is 14.4. The molecule has 1 aliphatic rings. The van der Waals surface area contributed by atoms with Crippen LogP contribution in [0.1, 0.15) is 11.1 Å². The zero-order chi connectivity index (χ0) is 18.2. The Bertz CT molecular complexity index is 1110. The number of nitrogens with zero attached hydrogens (tertiary/aromatic N) is 4. The predicted molar refractivity (Wildman–Crippen MR) is 101 cm³/mol. The van der Waals surface area contributed by atoms with Crippen molar-refractivity contribution in [2.75, 3.05) is 6.61 Å². The fourth-order valence-electron chi connectivity index (χ4n) is 3.46. The van der Waals surface area contributed by atoms with Gasteiger partial charge < -0.3 is 4.74 Å². The second kappa shape index (κ2) is 6.21. The third kappa shape index (κ3) is 2.60. The number of H-pyrrole nitrogens is 2. The van der Waals surface area contributed by atoms with E-state index < -0.39 is 0 Å². The Balaban J connectivity index is 1.46. The molecular weight excluding hydrogens is 340 g/mol. The number of aromatic amines is 2. The minimum Gasteiger partial charge on any atom is -0.490 e. The lowest BCUT2D eigenvalue weighted by Gasteiger charge is -2.06. The zero-order valence-corrected chi connectivity index (χ0v) is 14.4. The van der Waals surface area contributed by atoms with Crippen LogP contribution in [0.4, 0.5) is 0 Å². The monoisotopic (exact) mass is 356 g/mol. The number of nitrogens with one attached hydrogen (secondary N) is 2. The maximum Gasteiger partial charge on any atom is 0.204 e. The van der Waals surface area contributed by atoms with Gasteiger partial charge in [0.05, 0.1) is 11.4 Å². The molecule has 5 rings (SSSR count). The molecular formula is C20H16N6O. The van der Waals surface area contributed by atoms with Gasteiger partial charge in [-0.25, -0.2) is 0 Å². The fourth-order valence-corrected chi connectivity index (χ4v) is 3.46. The molecule has 2 heterocycles. The summed E-state index contributed by atoms with van der Waals surface area (Å²) in [6, 6.07) is 14.2. The molecule has 1 aliphatic carbocycles. The van der Waals surface area contributed by atoms with Crippen molar-refractivity contribution in [1.82, 2.24) is 30.8 Å². The number of aromatic nitrogens is 6. The third-order valence-electron chi connectivity index (χ3n) is 4.71. The predicted octanol–water partition coefficient (Wildman–Crippen LogP) is 3.39. The lowest BCUT2D eigenvalue weighted by atomic mass is 10.0. The van der Waals surface area contributed by atoms with Crippen LogP contribution in [-0.2, 0) is 6.42 Å². The second-order valence-corrected chi connectivity index (χ2v) is 6.33. The van der Waals surface area contributed by atoms with Crippen molar-refractivity contribution in [1.29, 1.82) is 0 Å². The molecule has 7 nitrogen and oxygen atoms in total. The van der Waals surface area contributed by atoms with Gasteiger partial charge in [0.2, 0.25) is 5.82 Å². The summed E-state index contributed by atoms with van der Waals surface area (Å²) < 4.78 is 5.66. The quantitative estimate of drug-likeness (QED) is 0.471. The Morgan fingerprint density at radius 1 is 1.07 bits per heavy atom. The highest BCUT2D eigenvalue weighted by molar-refractivity contribution is 5.81. The van der Waals surface area contributed by atoms with Crippen molar-refractivity contribution in [3.8, 4) is 39.7 Å². The minimum absolute atomic E-state index is 0.504. The van der Waals surface area contributed by atoms with Gasteiger partial charge in [0.25, 0.3) is 0 Å². The van der Waals surface area contributed by atoms with Crippen LogP contribution in [0, 0.1) is 0 Å². The number of fused-ring (bicyclic) bond motifs is 3. The molecule has 4 aromatic rings. The molecule has 2 aromatic heterocycles. The molecule has 0 radical (unpaired) electrons. The summed E-state index contributed by atoms with van der Waals surface area (Å²) in [6.07, 6.45) is 2.57. The second-order valence-electron chi connectivity index (χ2n) is 6.33. The van der Waals surface area contributed by atoms with Crippen LogP contribution in [0.15, 0.2) is 55.1 Å². The summed E-state index contributed by atoms with van der Waals surface area (Å²) >= 11 is 0. The van der Waals surface area contributed by atoms with Crippen LogP contribution in [-0.4, -0.2) is 37.4 Å². The largest absolute Gasteiger partial charge is 0.490 e. The van der Waals surface area contributed by atoms with Gasteiger partial charge >= 0.3 is 0 Å². The van der Waals surface area contributed by atoms with Crippen molar-refractivity contribution >= 4 is 0 Å². The molecule has 132 valence electrons. The summed E-state index contributed by atoms with van der Waals surface area (Å²) in [5.74, 6) is 1.44. The highest BCUT2D eigenvalue weighted by Gasteiger charge is 2.25. The number of hydrogen-bond acceptors (Lipinski definition) is 5. The van der Waals surface area contributed by atoms with Crippen LogP contribution in [0.25, 0.3) is 33.9 Å². The number of ether oxygens (including phenoxy) is 1. The van der Waals surface area contributed by atoms with Gasteiger partial charge in [-0.1, -0.05) is 36.9 Å². The Morgan fingerprint density at radius 2 is 1.93 bits per heavy atom. The summed E-state index contributed by atoms with van der Waals surface area (Å²) in [5.41, 5.74) is 7.63. The maximum absolute atomic E-state index is 5.66. The van der Waals surface area contributed by atoms with E-state index in [2.05, 4.69) is 49.5 Å². The Labute approximate surface area is 155 Å². The highest BCUT2D eigenvalue weighted by atomic mass is 16.5. The van der Waals surface area contributed by atoms with E-state index in [-0.39, 0.29) is 0 Å². The standard InChI is InChI=1S/C20H16N6O/c1-2-9-27-15-7-8-16-14(10-15)11-17-18(21-22-19(16)17)12-3-5-13(6-4-12)20-23-25-26-24-20/h2-8,10H,1,9,11H2,(H,21,22)(H,23,24,25,26). The van der Waals surface area contributed by atoms with E-state index in [4.69, 9.17) is 4.74 Å². The molecule has 0 unspecified atom stereocenters. The SMILES string of the molecule is C=CCOc1ccc2c(c1)Cc1c(-c3ccc(-c4nn[nH]n4)cc3)n[nH]c1-2. The Hall–Kier alpha value is -3.74. The smallest absolute Gasteiger partial charge is 0.204 e. The van der Waals surface area contributed by atoms with Crippen LogP contribution >= 0.6 is 0 Å². The van der Waals surface area contributed by atoms with Crippen molar-refractivity contribution in [2.24, 2.45) is 0 Å². The van der Waals surface area contributed by atoms with Gasteiger partial charge in [-0.05, 0) is 29.0 Å². The molecule has 0 amide bonds. The first-order chi connectivity index (χ1) is 13.3. The molecule has 0 aliphatic heterocycles. The molecule has 2 N–H and O–H groups in total. The molecule has 7 heteroatoms. The lowest BCUT2D eigenvalue weighted by molar-refractivity contribution is 0.363. The molecule has 27 heavy (non-hydrogen) atoms. The number of rotatable bonds is 5. The molecule has 0 saturated heterocycles. The third-order valence-corrected chi connectivity index (χ3v) is 4.71. The van der Waals surface area contributed by atoms with Gasteiger partial charge in [0, 0.05) is 28.7 Å². The van der Waals surface area contributed by atoms with Gasteiger partial charge in [-0.3, -0.25) is 5.10 Å². The molecule has 0 spiro atoms. The first-order valence-corrected chi connectivity index (χ1v) is 8.62. The Morgan fingerprint density at radius 3 is 2.70 bits per heavy atom. The van der Waals surface area contributed by atoms with E-state index in [1.165, 1.54) is 16.7 Å².